The zero-order chi connectivity index (χ0) is 14.9. The first kappa shape index (κ1) is 15.6. The molecule has 0 unspecified atom stereocenters. The van der Waals surface area contributed by atoms with Gasteiger partial charge in [-0.2, -0.15) is 0 Å². The highest BCUT2D eigenvalue weighted by atomic mass is 35.5. The van der Waals surface area contributed by atoms with Crippen LogP contribution in [0.3, 0.4) is 0 Å². The van der Waals surface area contributed by atoms with Crippen LogP contribution in [0.15, 0.2) is 47.5 Å². The molecule has 5 heteroatoms. The number of nitrogens with zero attached hydrogens (tertiary/aromatic N) is 1. The van der Waals surface area contributed by atoms with E-state index in [-0.39, 0.29) is 25.0 Å². The number of benzene rings is 2. The van der Waals surface area contributed by atoms with Gasteiger partial charge in [0.05, 0.1) is 5.71 Å². The maximum absolute atomic E-state index is 12.9. The summed E-state index contributed by atoms with van der Waals surface area (Å²) < 4.78 is 23.8. The van der Waals surface area contributed by atoms with E-state index in [2.05, 4.69) is 4.99 Å². The molecule has 2 aliphatic rings. The fourth-order valence-corrected chi connectivity index (χ4v) is 2.70. The zero-order valence-electron chi connectivity index (χ0n) is 12.3. The smallest absolute Gasteiger partial charge is 0.231 e. The van der Waals surface area contributed by atoms with Gasteiger partial charge in [-0.15, -0.1) is 12.4 Å². The van der Waals surface area contributed by atoms with Crippen molar-refractivity contribution in [3.05, 3.63) is 65.0 Å². The van der Waals surface area contributed by atoms with E-state index in [4.69, 9.17) is 9.47 Å². The number of hydrogen-bond acceptors (Lipinski definition) is 3. The third-order valence-corrected chi connectivity index (χ3v) is 3.84. The van der Waals surface area contributed by atoms with Crippen molar-refractivity contribution in [3.63, 3.8) is 0 Å². The first-order valence-electron chi connectivity index (χ1n) is 7.20. The number of hydrogen-bond donors (Lipinski definition) is 0. The Morgan fingerprint density at radius 3 is 2.52 bits per heavy atom. The quantitative estimate of drug-likeness (QED) is 0.831. The minimum Gasteiger partial charge on any atom is -0.454 e. The van der Waals surface area contributed by atoms with Crippen molar-refractivity contribution >= 4 is 24.2 Å². The van der Waals surface area contributed by atoms with Crippen LogP contribution in [0.5, 0.6) is 11.5 Å². The van der Waals surface area contributed by atoms with Gasteiger partial charge in [-0.05, 0) is 47.9 Å². The fourth-order valence-electron chi connectivity index (χ4n) is 2.70. The van der Waals surface area contributed by atoms with Crippen LogP contribution in [-0.4, -0.2) is 19.0 Å². The molecular formula is C18H15ClFNO2. The molecule has 0 aromatic heterocycles. The normalized spacial score (nSPS) is 15.1. The topological polar surface area (TPSA) is 30.8 Å². The lowest BCUT2D eigenvalue weighted by atomic mass is 9.96. The highest BCUT2D eigenvalue weighted by molar-refractivity contribution is 6.12. The second-order valence-corrected chi connectivity index (χ2v) is 5.26. The number of ether oxygens (including phenoxy) is 2. The first-order chi connectivity index (χ1) is 10.8. The van der Waals surface area contributed by atoms with Gasteiger partial charge in [0.1, 0.15) is 5.82 Å². The molecule has 0 amide bonds. The summed E-state index contributed by atoms with van der Waals surface area (Å²) in [6, 6.07) is 10.4. The van der Waals surface area contributed by atoms with E-state index >= 15 is 0 Å². The summed E-state index contributed by atoms with van der Waals surface area (Å²) in [6.45, 7) is 1.03. The molecule has 3 nitrogen and oxygen atoms in total. The standard InChI is InChI=1S/C18H14FNO2.ClH/c19-14-4-1-12(2-5-14)3-6-16-15-10-18-17(21-11-22-18)9-13(15)7-8-20-16;/h1-6,9-10H,7-8,11H2;1H. The number of aliphatic imine (C=N–C) groups is 1. The summed E-state index contributed by atoms with van der Waals surface area (Å²) in [4.78, 5) is 4.59. The van der Waals surface area contributed by atoms with Crippen LogP contribution >= 0.6 is 12.4 Å². The van der Waals surface area contributed by atoms with Gasteiger partial charge >= 0.3 is 0 Å². The molecule has 4 rings (SSSR count). The average Bonchev–Trinajstić information content (AvgIpc) is 2.99. The molecule has 118 valence electrons. The Kier molecular flexibility index (Phi) is 4.35. The summed E-state index contributed by atoms with van der Waals surface area (Å²) in [5, 5.41) is 0. The molecule has 0 N–H and O–H groups in total. The zero-order valence-corrected chi connectivity index (χ0v) is 13.1. The molecule has 0 atom stereocenters. The van der Waals surface area contributed by atoms with Gasteiger partial charge in [-0.3, -0.25) is 4.99 Å². The Bertz CT molecular complexity index is 784. The van der Waals surface area contributed by atoms with E-state index < -0.39 is 0 Å². The second kappa shape index (κ2) is 6.42. The Hall–Kier alpha value is -2.33. The Morgan fingerprint density at radius 1 is 1.00 bits per heavy atom. The van der Waals surface area contributed by atoms with Crippen LogP contribution < -0.4 is 9.47 Å². The van der Waals surface area contributed by atoms with E-state index in [9.17, 15) is 4.39 Å². The number of halogens is 2. The molecule has 23 heavy (non-hydrogen) atoms. The van der Waals surface area contributed by atoms with Crippen molar-refractivity contribution < 1.29 is 13.9 Å². The Labute approximate surface area is 139 Å². The van der Waals surface area contributed by atoms with Gasteiger partial charge in [-0.1, -0.05) is 18.2 Å². The van der Waals surface area contributed by atoms with Crippen LogP contribution in [-0.2, 0) is 6.42 Å². The van der Waals surface area contributed by atoms with Gasteiger partial charge in [0, 0.05) is 12.1 Å². The van der Waals surface area contributed by atoms with Crippen molar-refractivity contribution in [1.29, 1.82) is 0 Å². The van der Waals surface area contributed by atoms with Crippen molar-refractivity contribution in [3.8, 4) is 11.5 Å². The first-order valence-corrected chi connectivity index (χ1v) is 7.20. The van der Waals surface area contributed by atoms with Crippen LogP contribution in [0.2, 0.25) is 0 Å². The molecule has 0 fully saturated rings. The molecule has 0 radical (unpaired) electrons. The van der Waals surface area contributed by atoms with Gasteiger partial charge in [-0.25, -0.2) is 4.39 Å². The molecule has 0 spiro atoms. The highest BCUT2D eigenvalue weighted by Gasteiger charge is 2.20. The lowest BCUT2D eigenvalue weighted by Crippen LogP contribution is -2.10. The minimum absolute atomic E-state index is 0. The van der Waals surface area contributed by atoms with E-state index in [1.807, 2.05) is 24.3 Å². The molecule has 2 aliphatic heterocycles. The minimum atomic E-state index is -0.231. The van der Waals surface area contributed by atoms with Gasteiger partial charge in [0.2, 0.25) is 6.79 Å². The van der Waals surface area contributed by atoms with Crippen molar-refractivity contribution in [2.24, 2.45) is 4.99 Å². The molecule has 0 saturated heterocycles. The largest absolute Gasteiger partial charge is 0.454 e. The van der Waals surface area contributed by atoms with E-state index in [1.54, 1.807) is 12.1 Å². The van der Waals surface area contributed by atoms with Gasteiger partial charge in [0.25, 0.3) is 0 Å². The Morgan fingerprint density at radius 2 is 1.74 bits per heavy atom. The van der Waals surface area contributed by atoms with E-state index in [0.29, 0.717) is 0 Å². The highest BCUT2D eigenvalue weighted by Crippen LogP contribution is 2.36. The predicted octanol–water partition coefficient (Wildman–Crippen LogP) is 4.03. The van der Waals surface area contributed by atoms with Gasteiger partial charge < -0.3 is 9.47 Å². The molecule has 2 heterocycles. The van der Waals surface area contributed by atoms with Crippen LogP contribution in [0.4, 0.5) is 4.39 Å². The van der Waals surface area contributed by atoms with Gasteiger partial charge in [0.15, 0.2) is 11.5 Å². The van der Waals surface area contributed by atoms with Crippen molar-refractivity contribution in [1.82, 2.24) is 0 Å². The summed E-state index contributed by atoms with van der Waals surface area (Å²) >= 11 is 0. The van der Waals surface area contributed by atoms with Crippen LogP contribution in [0.25, 0.3) is 6.08 Å². The lowest BCUT2D eigenvalue weighted by molar-refractivity contribution is 0.174. The monoisotopic (exact) mass is 331 g/mol. The number of allylic oxidation sites excluding steroid dienone is 1. The number of rotatable bonds is 2. The summed E-state index contributed by atoms with van der Waals surface area (Å²) in [5.74, 6) is 1.34. The predicted molar refractivity (Wildman–Crippen MR) is 90.4 cm³/mol. The molecule has 2 aromatic rings. The van der Waals surface area contributed by atoms with E-state index in [0.717, 1.165) is 41.3 Å². The third-order valence-electron chi connectivity index (χ3n) is 3.84. The molecular weight excluding hydrogens is 317 g/mol. The third kappa shape index (κ3) is 3.08. The Balaban J connectivity index is 0.00000156. The summed E-state index contributed by atoms with van der Waals surface area (Å²) in [7, 11) is 0. The summed E-state index contributed by atoms with van der Waals surface area (Å²) in [5.41, 5.74) is 4.16. The number of fused-ring (bicyclic) bond motifs is 2. The fraction of sp³-hybridized carbons (Fsp3) is 0.167. The molecule has 0 bridgehead atoms. The second-order valence-electron chi connectivity index (χ2n) is 5.26. The summed E-state index contributed by atoms with van der Waals surface area (Å²) in [6.07, 6.45) is 4.81. The lowest BCUT2D eigenvalue weighted by Gasteiger charge is -2.15. The average molecular weight is 332 g/mol. The van der Waals surface area contributed by atoms with E-state index in [1.165, 1.54) is 17.7 Å². The SMILES string of the molecule is Cl.Fc1ccc(C=CC2=NCCc3cc4c(cc32)OCO4)cc1. The maximum atomic E-state index is 12.9. The van der Waals surface area contributed by atoms with Crippen molar-refractivity contribution in [2.45, 2.75) is 6.42 Å². The van der Waals surface area contributed by atoms with Crippen molar-refractivity contribution in [2.75, 3.05) is 13.3 Å². The van der Waals surface area contributed by atoms with Crippen LogP contribution in [0.1, 0.15) is 16.7 Å². The van der Waals surface area contributed by atoms with Crippen LogP contribution in [0, 0.1) is 5.82 Å². The maximum Gasteiger partial charge on any atom is 0.231 e. The molecule has 2 aromatic carbocycles. The molecule has 0 saturated carbocycles. The molecule has 0 aliphatic carbocycles.